The number of carbonyl (C=O) groups is 2. The summed E-state index contributed by atoms with van der Waals surface area (Å²) in [6.45, 7) is 0.505. The minimum absolute atomic E-state index is 0.00613. The van der Waals surface area contributed by atoms with E-state index in [1.54, 1.807) is 18.3 Å². The van der Waals surface area contributed by atoms with Gasteiger partial charge in [-0.25, -0.2) is 0 Å². The lowest BCUT2D eigenvalue weighted by atomic mass is 9.95. The number of fused-ring (bicyclic) bond motifs is 2. The summed E-state index contributed by atoms with van der Waals surface area (Å²) >= 11 is 0. The molecule has 5 rings (SSSR count). The van der Waals surface area contributed by atoms with Crippen LogP contribution in [0.4, 0.5) is 0 Å². The summed E-state index contributed by atoms with van der Waals surface area (Å²) in [7, 11) is 6.12. The minimum Gasteiger partial charge on any atom is -0.493 e. The van der Waals surface area contributed by atoms with Gasteiger partial charge in [0.25, 0.3) is 11.8 Å². The highest BCUT2D eigenvalue weighted by Crippen LogP contribution is 2.46. The number of H-pyrrole nitrogens is 1. The number of aromatic nitrogens is 2. The lowest BCUT2D eigenvalue weighted by Gasteiger charge is -2.12. The van der Waals surface area contributed by atoms with Gasteiger partial charge in [-0.3, -0.25) is 14.9 Å². The average Bonchev–Trinajstić information content (AvgIpc) is 3.58. The third kappa shape index (κ3) is 3.68. The number of imide groups is 1. The molecule has 0 spiro atoms. The molecular formula is C27H27N3O7. The number of nitrogens with one attached hydrogen (secondary N) is 2. The van der Waals surface area contributed by atoms with Gasteiger partial charge in [0.05, 0.1) is 61.4 Å². The summed E-state index contributed by atoms with van der Waals surface area (Å²) < 4.78 is 24.3. The fraction of sp³-hybridized carbons (Fsp3) is 0.259. The number of carbonyl (C=O) groups excluding carboxylic acids is 2. The Labute approximate surface area is 212 Å². The van der Waals surface area contributed by atoms with Gasteiger partial charge >= 0.3 is 0 Å². The van der Waals surface area contributed by atoms with Crippen molar-refractivity contribution in [3.8, 4) is 23.0 Å². The largest absolute Gasteiger partial charge is 0.493 e. The summed E-state index contributed by atoms with van der Waals surface area (Å²) in [4.78, 5) is 29.8. The van der Waals surface area contributed by atoms with Crippen LogP contribution < -0.4 is 24.3 Å². The standard InChI is InChI=1S/C27H27N3O7/c1-34-18-8-6-16-20(24(18)36-3)14(12-28-16)22-23(27(33)29-26(22)32)15-13-30(10-5-11-31)17-7-9-19(35-2)25(37-4)21(15)17/h6-9,12-13,28,31H,5,10-11H2,1-4H3,(H,29,32,33). The molecule has 0 saturated carbocycles. The van der Waals surface area contributed by atoms with Crippen molar-refractivity contribution in [1.29, 1.82) is 0 Å². The molecule has 0 saturated heterocycles. The monoisotopic (exact) mass is 505 g/mol. The van der Waals surface area contributed by atoms with Gasteiger partial charge in [-0.1, -0.05) is 0 Å². The first-order valence-electron chi connectivity index (χ1n) is 11.7. The normalized spacial score (nSPS) is 13.5. The Bertz CT molecular complexity index is 1580. The quantitative estimate of drug-likeness (QED) is 0.299. The molecule has 4 aromatic rings. The topological polar surface area (TPSA) is 124 Å². The third-order valence-corrected chi connectivity index (χ3v) is 6.60. The Morgan fingerprint density at radius 3 is 2.05 bits per heavy atom. The van der Waals surface area contributed by atoms with Crippen LogP contribution in [0.15, 0.2) is 36.7 Å². The first kappa shape index (κ1) is 24.3. The van der Waals surface area contributed by atoms with Gasteiger partial charge in [0.2, 0.25) is 0 Å². The van der Waals surface area contributed by atoms with Gasteiger partial charge in [-0.2, -0.15) is 0 Å². The predicted molar refractivity (Wildman–Crippen MR) is 138 cm³/mol. The van der Waals surface area contributed by atoms with Crippen molar-refractivity contribution in [2.45, 2.75) is 13.0 Å². The van der Waals surface area contributed by atoms with E-state index >= 15 is 0 Å². The maximum Gasteiger partial charge on any atom is 0.259 e. The van der Waals surface area contributed by atoms with Crippen LogP contribution in [0, 0.1) is 0 Å². The van der Waals surface area contributed by atoms with Crippen LogP contribution in [-0.2, 0) is 16.1 Å². The van der Waals surface area contributed by atoms with E-state index in [4.69, 9.17) is 18.9 Å². The van der Waals surface area contributed by atoms with E-state index in [1.165, 1.54) is 28.4 Å². The SMILES string of the molecule is COc1ccc2[nH]cc(C3=C(c4cn(CCCO)c5ccc(OC)c(OC)c45)C(=O)NC3=O)c2c1OC. The summed E-state index contributed by atoms with van der Waals surface area (Å²) in [5.41, 5.74) is 2.92. The molecule has 1 aliphatic heterocycles. The fourth-order valence-corrected chi connectivity index (χ4v) is 5.02. The van der Waals surface area contributed by atoms with Crippen LogP contribution in [0.1, 0.15) is 17.5 Å². The second-order valence-corrected chi connectivity index (χ2v) is 8.47. The van der Waals surface area contributed by atoms with Crippen molar-refractivity contribution < 1.29 is 33.6 Å². The van der Waals surface area contributed by atoms with E-state index in [1.807, 2.05) is 22.9 Å². The highest BCUT2D eigenvalue weighted by molar-refractivity contribution is 6.51. The van der Waals surface area contributed by atoms with Crippen LogP contribution in [0.5, 0.6) is 23.0 Å². The predicted octanol–water partition coefficient (Wildman–Crippen LogP) is 3.11. The Morgan fingerprint density at radius 1 is 0.811 bits per heavy atom. The van der Waals surface area contributed by atoms with E-state index in [9.17, 15) is 14.7 Å². The first-order valence-corrected chi connectivity index (χ1v) is 11.7. The number of methoxy groups -OCH3 is 4. The molecule has 1 aliphatic rings. The molecule has 10 nitrogen and oxygen atoms in total. The highest BCUT2D eigenvalue weighted by Gasteiger charge is 2.36. The lowest BCUT2D eigenvalue weighted by molar-refractivity contribution is -0.122. The van der Waals surface area contributed by atoms with Gasteiger partial charge in [0, 0.05) is 36.7 Å². The minimum atomic E-state index is -0.526. The third-order valence-electron chi connectivity index (χ3n) is 6.60. The molecule has 0 atom stereocenters. The molecule has 2 aromatic carbocycles. The number of ether oxygens (including phenoxy) is 4. The van der Waals surface area contributed by atoms with E-state index in [2.05, 4.69) is 10.3 Å². The zero-order valence-electron chi connectivity index (χ0n) is 20.9. The van der Waals surface area contributed by atoms with Crippen molar-refractivity contribution in [3.63, 3.8) is 0 Å². The molecular weight excluding hydrogens is 478 g/mol. The van der Waals surface area contributed by atoms with Crippen molar-refractivity contribution in [2.24, 2.45) is 0 Å². The molecule has 192 valence electrons. The number of aliphatic hydroxyl groups is 1. The Morgan fingerprint density at radius 2 is 1.43 bits per heavy atom. The maximum absolute atomic E-state index is 13.3. The molecule has 0 aliphatic carbocycles. The van der Waals surface area contributed by atoms with Gasteiger partial charge in [0.15, 0.2) is 23.0 Å². The summed E-state index contributed by atoms with van der Waals surface area (Å²) in [6, 6.07) is 7.24. The zero-order valence-corrected chi connectivity index (χ0v) is 20.9. The fourth-order valence-electron chi connectivity index (χ4n) is 5.02. The Kier molecular flexibility index (Phi) is 6.26. The van der Waals surface area contributed by atoms with Crippen molar-refractivity contribution in [3.05, 3.63) is 47.8 Å². The molecule has 3 N–H and O–H groups in total. The molecule has 0 bridgehead atoms. The average molecular weight is 506 g/mol. The van der Waals surface area contributed by atoms with E-state index in [-0.39, 0.29) is 17.8 Å². The van der Waals surface area contributed by atoms with Gasteiger partial charge < -0.3 is 33.6 Å². The van der Waals surface area contributed by atoms with Crippen LogP contribution in [0.25, 0.3) is 33.0 Å². The van der Waals surface area contributed by atoms with E-state index < -0.39 is 11.8 Å². The Hall–Kier alpha value is -4.44. The first-order chi connectivity index (χ1) is 18.0. The van der Waals surface area contributed by atoms with Crippen molar-refractivity contribution in [2.75, 3.05) is 35.0 Å². The van der Waals surface area contributed by atoms with Crippen LogP contribution in [-0.4, -0.2) is 61.5 Å². The number of aryl methyl sites for hydroxylation is 1. The number of rotatable bonds is 9. The number of aromatic amines is 1. The number of hydrogen-bond donors (Lipinski definition) is 3. The van der Waals surface area contributed by atoms with E-state index in [0.29, 0.717) is 57.9 Å². The second kappa shape index (κ2) is 9.55. The van der Waals surface area contributed by atoms with Crippen LogP contribution >= 0.6 is 0 Å². The molecule has 10 heteroatoms. The maximum atomic E-state index is 13.3. The molecule has 0 radical (unpaired) electrons. The highest BCUT2D eigenvalue weighted by atomic mass is 16.5. The molecule has 2 aromatic heterocycles. The van der Waals surface area contributed by atoms with Gasteiger partial charge in [0.1, 0.15) is 0 Å². The number of aliphatic hydroxyl groups excluding tert-OH is 1. The van der Waals surface area contributed by atoms with Gasteiger partial charge in [-0.05, 0) is 30.7 Å². The summed E-state index contributed by atoms with van der Waals surface area (Å²) in [5.74, 6) is 0.817. The number of amides is 2. The smallest absolute Gasteiger partial charge is 0.259 e. The Balaban J connectivity index is 1.88. The van der Waals surface area contributed by atoms with E-state index in [0.717, 1.165) is 11.0 Å². The summed E-state index contributed by atoms with van der Waals surface area (Å²) in [6.07, 6.45) is 4.00. The molecule has 0 unspecified atom stereocenters. The van der Waals surface area contributed by atoms with Crippen molar-refractivity contribution >= 4 is 44.8 Å². The number of benzene rings is 2. The number of nitrogens with zero attached hydrogens (tertiary/aromatic N) is 1. The van der Waals surface area contributed by atoms with Crippen LogP contribution in [0.3, 0.4) is 0 Å². The van der Waals surface area contributed by atoms with Crippen LogP contribution in [0.2, 0.25) is 0 Å². The molecule has 3 heterocycles. The molecule has 2 amide bonds. The zero-order chi connectivity index (χ0) is 26.3. The van der Waals surface area contributed by atoms with Gasteiger partial charge in [-0.15, -0.1) is 0 Å². The van der Waals surface area contributed by atoms with Crippen molar-refractivity contribution in [1.82, 2.24) is 14.9 Å². The molecule has 37 heavy (non-hydrogen) atoms. The second-order valence-electron chi connectivity index (χ2n) is 8.47. The lowest BCUT2D eigenvalue weighted by Crippen LogP contribution is -2.22. The summed E-state index contributed by atoms with van der Waals surface area (Å²) in [5, 5.41) is 13.1. The number of hydrogen-bond acceptors (Lipinski definition) is 7. The molecule has 0 fully saturated rings.